The molecule has 4 aliphatic rings. The number of carbonyl (C=O) groups is 4. The molecule has 0 spiro atoms. The zero-order valence-corrected chi connectivity index (χ0v) is 14.3. The van der Waals surface area contributed by atoms with Crippen LogP contribution in [-0.2, 0) is 19.2 Å². The maximum atomic E-state index is 12.6. The molecule has 1 aromatic rings. The highest BCUT2D eigenvalue weighted by Gasteiger charge is 2.58. The fraction of sp³-hybridized carbons (Fsp3) is 0.400. The van der Waals surface area contributed by atoms with Gasteiger partial charge in [-0.2, -0.15) is 0 Å². The van der Waals surface area contributed by atoms with E-state index < -0.39 is 29.6 Å². The van der Waals surface area contributed by atoms with Crippen LogP contribution in [0.25, 0.3) is 0 Å². The molecule has 7 nitrogen and oxygen atoms in total. The molecule has 0 unspecified atom stereocenters. The van der Waals surface area contributed by atoms with Crippen LogP contribution in [0.1, 0.15) is 24.3 Å². The highest BCUT2D eigenvalue weighted by molar-refractivity contribution is 6.07. The van der Waals surface area contributed by atoms with Crippen LogP contribution in [0.3, 0.4) is 0 Å². The minimum atomic E-state index is -0.557. The lowest BCUT2D eigenvalue weighted by molar-refractivity contribution is -0.128. The van der Waals surface area contributed by atoms with E-state index >= 15 is 0 Å². The van der Waals surface area contributed by atoms with E-state index in [0.717, 1.165) is 11.1 Å². The number of phenols is 1. The molecular formula is C20H18N2O5. The summed E-state index contributed by atoms with van der Waals surface area (Å²) in [5.41, 5.74) is 1.67. The molecule has 2 heterocycles. The molecular weight excluding hydrogens is 348 g/mol. The summed E-state index contributed by atoms with van der Waals surface area (Å²) >= 11 is 0. The van der Waals surface area contributed by atoms with Crippen molar-refractivity contribution in [2.75, 3.05) is 0 Å². The third-order valence-electron chi connectivity index (χ3n) is 6.56. The number of rotatable bonds is 1. The summed E-state index contributed by atoms with van der Waals surface area (Å²) in [5.74, 6) is -3.76. The van der Waals surface area contributed by atoms with Gasteiger partial charge in [-0.3, -0.25) is 29.8 Å². The molecule has 2 aliphatic heterocycles. The van der Waals surface area contributed by atoms with Crippen molar-refractivity contribution in [1.82, 2.24) is 10.6 Å². The van der Waals surface area contributed by atoms with E-state index in [1.54, 1.807) is 18.2 Å². The van der Waals surface area contributed by atoms with Crippen LogP contribution < -0.4 is 10.6 Å². The third-order valence-corrected chi connectivity index (χ3v) is 6.56. The van der Waals surface area contributed by atoms with Gasteiger partial charge in [0.15, 0.2) is 0 Å². The van der Waals surface area contributed by atoms with Crippen molar-refractivity contribution in [3.8, 4) is 5.75 Å². The van der Waals surface area contributed by atoms with Crippen molar-refractivity contribution < 1.29 is 24.3 Å². The third kappa shape index (κ3) is 2.20. The van der Waals surface area contributed by atoms with Gasteiger partial charge < -0.3 is 5.11 Å². The molecule has 2 saturated heterocycles. The smallest absolute Gasteiger partial charge is 0.231 e. The molecule has 0 radical (unpaired) electrons. The van der Waals surface area contributed by atoms with Crippen LogP contribution in [0.5, 0.6) is 5.75 Å². The van der Waals surface area contributed by atoms with E-state index in [2.05, 4.69) is 10.6 Å². The molecule has 0 aromatic heterocycles. The standard InChI is InChI=1S/C20H18N2O5/c23-9-3-1-2-8(6-9)14-10-4-5-11-15(19(26)21-17(11)24)12(10)7-13-16(14)20(27)22-18(13)25/h1-4,6,11-16,23H,5,7H2,(H,21,24,26)(H,22,25,27)/t11-,12+,13+,14-,15-,16+/m0/s1. The zero-order valence-electron chi connectivity index (χ0n) is 14.3. The second-order valence-corrected chi connectivity index (χ2v) is 7.83. The summed E-state index contributed by atoms with van der Waals surface area (Å²) in [6, 6.07) is 6.69. The lowest BCUT2D eigenvalue weighted by Crippen LogP contribution is -2.42. The SMILES string of the molecule is O=C1NC(=O)[C@H]2CC=C3[C@@H](C[C@H]4C(=O)NC(=O)[C@H]4[C@H]3c3cccc(O)c3)[C@@H]12. The van der Waals surface area contributed by atoms with Crippen molar-refractivity contribution in [1.29, 1.82) is 0 Å². The average molecular weight is 366 g/mol. The average Bonchev–Trinajstić information content (AvgIpc) is 3.09. The Hall–Kier alpha value is -2.96. The van der Waals surface area contributed by atoms with Gasteiger partial charge in [0.05, 0.1) is 23.7 Å². The molecule has 1 saturated carbocycles. The number of amides is 4. The number of phenolic OH excluding ortho intramolecular Hbond substituents is 1. The zero-order chi connectivity index (χ0) is 18.9. The molecule has 6 atom stereocenters. The Labute approximate surface area is 154 Å². The van der Waals surface area contributed by atoms with Crippen LogP contribution in [0.2, 0.25) is 0 Å². The van der Waals surface area contributed by atoms with Crippen molar-refractivity contribution in [2.45, 2.75) is 18.8 Å². The molecule has 2 aliphatic carbocycles. The monoisotopic (exact) mass is 366 g/mol. The second kappa shape index (κ2) is 5.52. The Morgan fingerprint density at radius 2 is 1.56 bits per heavy atom. The fourth-order valence-electron chi connectivity index (χ4n) is 5.50. The molecule has 3 fully saturated rings. The lowest BCUT2D eigenvalue weighted by Gasteiger charge is -2.44. The number of imide groups is 2. The topological polar surface area (TPSA) is 113 Å². The van der Waals surface area contributed by atoms with Crippen molar-refractivity contribution in [3.05, 3.63) is 41.5 Å². The van der Waals surface area contributed by atoms with E-state index in [-0.39, 0.29) is 35.3 Å². The van der Waals surface area contributed by atoms with Gasteiger partial charge in [-0.15, -0.1) is 0 Å². The highest BCUT2D eigenvalue weighted by atomic mass is 16.3. The molecule has 3 N–H and O–H groups in total. The Kier molecular flexibility index (Phi) is 3.32. The molecule has 0 bridgehead atoms. The van der Waals surface area contributed by atoms with Gasteiger partial charge in [0, 0.05) is 5.92 Å². The number of hydrogen-bond donors (Lipinski definition) is 3. The molecule has 1 aromatic carbocycles. The largest absolute Gasteiger partial charge is 0.508 e. The number of benzene rings is 1. The Bertz CT molecular complexity index is 936. The number of allylic oxidation sites excluding steroid dienone is 2. The first-order chi connectivity index (χ1) is 13.0. The van der Waals surface area contributed by atoms with Gasteiger partial charge in [-0.05, 0) is 36.5 Å². The Balaban J connectivity index is 1.66. The molecule has 7 heteroatoms. The number of fused-ring (bicyclic) bond motifs is 4. The molecule has 27 heavy (non-hydrogen) atoms. The van der Waals surface area contributed by atoms with Crippen LogP contribution in [0, 0.1) is 29.6 Å². The van der Waals surface area contributed by atoms with Crippen LogP contribution in [0.15, 0.2) is 35.9 Å². The summed E-state index contributed by atoms with van der Waals surface area (Å²) in [6.07, 6.45) is 2.78. The Morgan fingerprint density at radius 3 is 2.30 bits per heavy atom. The van der Waals surface area contributed by atoms with E-state index in [1.807, 2.05) is 12.1 Å². The van der Waals surface area contributed by atoms with Gasteiger partial charge in [0.1, 0.15) is 5.75 Å². The number of carbonyl (C=O) groups excluding carboxylic acids is 4. The maximum Gasteiger partial charge on any atom is 0.231 e. The summed E-state index contributed by atoms with van der Waals surface area (Å²) in [5, 5.41) is 14.8. The minimum absolute atomic E-state index is 0.0824. The summed E-state index contributed by atoms with van der Waals surface area (Å²) < 4.78 is 0. The van der Waals surface area contributed by atoms with Crippen molar-refractivity contribution in [3.63, 3.8) is 0 Å². The maximum absolute atomic E-state index is 12.6. The van der Waals surface area contributed by atoms with Gasteiger partial charge in [-0.25, -0.2) is 0 Å². The van der Waals surface area contributed by atoms with Gasteiger partial charge in [-0.1, -0.05) is 23.8 Å². The van der Waals surface area contributed by atoms with Crippen molar-refractivity contribution in [2.24, 2.45) is 29.6 Å². The highest BCUT2D eigenvalue weighted by Crippen LogP contribution is 2.55. The van der Waals surface area contributed by atoms with E-state index in [4.69, 9.17) is 0 Å². The lowest BCUT2D eigenvalue weighted by atomic mass is 9.57. The van der Waals surface area contributed by atoms with Gasteiger partial charge >= 0.3 is 0 Å². The first kappa shape index (κ1) is 16.2. The Morgan fingerprint density at radius 1 is 0.852 bits per heavy atom. The van der Waals surface area contributed by atoms with Crippen LogP contribution in [0.4, 0.5) is 0 Å². The quantitative estimate of drug-likeness (QED) is 0.498. The molecule has 5 rings (SSSR count). The van der Waals surface area contributed by atoms with Crippen LogP contribution in [-0.4, -0.2) is 28.7 Å². The summed E-state index contributed by atoms with van der Waals surface area (Å²) in [7, 11) is 0. The molecule has 4 amide bonds. The fourth-order valence-corrected chi connectivity index (χ4v) is 5.50. The van der Waals surface area contributed by atoms with E-state index in [1.165, 1.54) is 0 Å². The van der Waals surface area contributed by atoms with Crippen LogP contribution >= 0.6 is 0 Å². The van der Waals surface area contributed by atoms with Gasteiger partial charge in [0.25, 0.3) is 0 Å². The minimum Gasteiger partial charge on any atom is -0.508 e. The second-order valence-electron chi connectivity index (χ2n) is 7.83. The number of aromatic hydroxyl groups is 1. The normalized spacial score (nSPS) is 37.1. The summed E-state index contributed by atoms with van der Waals surface area (Å²) in [6.45, 7) is 0. The van der Waals surface area contributed by atoms with E-state index in [9.17, 15) is 24.3 Å². The van der Waals surface area contributed by atoms with E-state index in [0.29, 0.717) is 12.8 Å². The predicted octanol–water partition coefficient (Wildman–Crippen LogP) is 0.603. The first-order valence-electron chi connectivity index (χ1n) is 9.14. The summed E-state index contributed by atoms with van der Waals surface area (Å²) in [4.78, 5) is 49.5. The number of nitrogens with one attached hydrogen (secondary N) is 2. The molecule has 138 valence electrons. The van der Waals surface area contributed by atoms with Gasteiger partial charge in [0.2, 0.25) is 23.6 Å². The first-order valence-corrected chi connectivity index (χ1v) is 9.14. The number of hydrogen-bond acceptors (Lipinski definition) is 5. The predicted molar refractivity (Wildman–Crippen MR) is 91.9 cm³/mol. The van der Waals surface area contributed by atoms with Crippen molar-refractivity contribution >= 4 is 23.6 Å².